The van der Waals surface area contributed by atoms with Crippen molar-refractivity contribution in [3.8, 4) is 0 Å². The Labute approximate surface area is 192 Å². The van der Waals surface area contributed by atoms with Crippen LogP contribution < -0.4 is 4.90 Å². The maximum atomic E-state index is 12.9. The van der Waals surface area contributed by atoms with Gasteiger partial charge in [-0.1, -0.05) is 43.3 Å². The molecule has 1 aromatic carbocycles. The molecule has 6 nitrogen and oxygen atoms in total. The molecule has 0 spiro atoms. The van der Waals surface area contributed by atoms with E-state index in [4.69, 9.17) is 0 Å². The lowest BCUT2D eigenvalue weighted by molar-refractivity contribution is -0.131. The van der Waals surface area contributed by atoms with Crippen LogP contribution in [0.15, 0.2) is 54.7 Å². The Morgan fingerprint density at radius 1 is 1.06 bits per heavy atom. The second kappa shape index (κ2) is 10.9. The monoisotopic (exact) mass is 435 g/mol. The Morgan fingerprint density at radius 2 is 1.81 bits per heavy atom. The van der Waals surface area contributed by atoms with Gasteiger partial charge in [-0.05, 0) is 37.6 Å². The standard InChI is InChI=1S/C26H37N5O/c1-3-28(24-12-15-31(21-24)22(2)23-9-5-4-6-10-23)16-13-26(32)30-19-17-29(18-20-30)25-11-7-8-14-27-25/h4-11,14,22,24H,3,12-13,15-21H2,1-2H3. The highest BCUT2D eigenvalue weighted by Gasteiger charge is 2.30. The quantitative estimate of drug-likeness (QED) is 0.637. The Morgan fingerprint density at radius 3 is 2.50 bits per heavy atom. The summed E-state index contributed by atoms with van der Waals surface area (Å²) in [6.45, 7) is 11.9. The van der Waals surface area contributed by atoms with Crippen LogP contribution in [0, 0.1) is 0 Å². The molecular weight excluding hydrogens is 398 g/mol. The van der Waals surface area contributed by atoms with Crippen molar-refractivity contribution < 1.29 is 4.79 Å². The molecule has 172 valence electrons. The van der Waals surface area contributed by atoms with E-state index in [9.17, 15) is 4.79 Å². The molecule has 32 heavy (non-hydrogen) atoms. The number of nitrogens with zero attached hydrogens (tertiary/aromatic N) is 5. The number of pyridine rings is 1. The van der Waals surface area contributed by atoms with E-state index in [1.807, 2.05) is 29.3 Å². The molecule has 0 bridgehead atoms. The summed E-state index contributed by atoms with van der Waals surface area (Å²) in [6, 6.07) is 17.8. The van der Waals surface area contributed by atoms with E-state index in [0.29, 0.717) is 18.5 Å². The SMILES string of the molecule is CCN(CCC(=O)N1CCN(c2ccccn2)CC1)C1CCN(C(C)c2ccccc2)C1. The first-order chi connectivity index (χ1) is 15.7. The van der Waals surface area contributed by atoms with Gasteiger partial charge in [0.15, 0.2) is 0 Å². The summed E-state index contributed by atoms with van der Waals surface area (Å²) in [7, 11) is 0. The van der Waals surface area contributed by atoms with E-state index in [-0.39, 0.29) is 5.91 Å². The van der Waals surface area contributed by atoms with Gasteiger partial charge in [0.1, 0.15) is 5.82 Å². The molecule has 1 amide bonds. The molecule has 4 rings (SSSR count). The molecule has 0 radical (unpaired) electrons. The summed E-state index contributed by atoms with van der Waals surface area (Å²) in [6.07, 6.45) is 3.63. The fraction of sp³-hybridized carbons (Fsp3) is 0.538. The number of rotatable bonds is 8. The molecule has 2 aromatic rings. The Bertz CT molecular complexity index is 838. The molecule has 2 atom stereocenters. The topological polar surface area (TPSA) is 42.9 Å². The second-order valence-corrected chi connectivity index (χ2v) is 8.96. The number of likely N-dealkylation sites (N-methyl/N-ethyl adjacent to an activating group) is 1. The molecule has 3 heterocycles. The Kier molecular flexibility index (Phi) is 7.76. The summed E-state index contributed by atoms with van der Waals surface area (Å²) in [5.41, 5.74) is 1.39. The van der Waals surface area contributed by atoms with Crippen LogP contribution in [-0.2, 0) is 4.79 Å². The number of likely N-dealkylation sites (tertiary alicyclic amines) is 1. The van der Waals surface area contributed by atoms with Gasteiger partial charge in [0.25, 0.3) is 0 Å². The Hall–Kier alpha value is -2.44. The molecule has 0 saturated carbocycles. The van der Waals surface area contributed by atoms with Gasteiger partial charge < -0.3 is 9.80 Å². The first kappa shape index (κ1) is 22.7. The number of carbonyl (C=O) groups is 1. The van der Waals surface area contributed by atoms with Crippen LogP contribution in [0.3, 0.4) is 0 Å². The third kappa shape index (κ3) is 5.48. The zero-order valence-corrected chi connectivity index (χ0v) is 19.6. The van der Waals surface area contributed by atoms with E-state index >= 15 is 0 Å². The van der Waals surface area contributed by atoms with Crippen LogP contribution in [0.5, 0.6) is 0 Å². The maximum absolute atomic E-state index is 12.9. The average molecular weight is 436 g/mol. The number of piperazine rings is 1. The van der Waals surface area contributed by atoms with Crippen molar-refractivity contribution >= 4 is 11.7 Å². The van der Waals surface area contributed by atoms with Crippen molar-refractivity contribution in [2.45, 2.75) is 38.8 Å². The normalized spacial score (nSPS) is 20.7. The lowest BCUT2D eigenvalue weighted by Gasteiger charge is -2.36. The fourth-order valence-electron chi connectivity index (χ4n) is 5.08. The van der Waals surface area contributed by atoms with E-state index < -0.39 is 0 Å². The molecule has 0 N–H and O–H groups in total. The minimum atomic E-state index is 0.289. The molecular formula is C26H37N5O. The summed E-state index contributed by atoms with van der Waals surface area (Å²) < 4.78 is 0. The molecule has 6 heteroatoms. The van der Waals surface area contributed by atoms with Gasteiger partial charge in [-0.25, -0.2) is 4.98 Å². The van der Waals surface area contributed by atoms with Crippen LogP contribution in [-0.4, -0.2) is 84.0 Å². The average Bonchev–Trinajstić information content (AvgIpc) is 3.35. The summed E-state index contributed by atoms with van der Waals surface area (Å²) in [5, 5.41) is 0. The number of amides is 1. The van der Waals surface area contributed by atoms with Gasteiger partial charge in [-0.2, -0.15) is 0 Å². The molecule has 2 unspecified atom stereocenters. The molecule has 2 saturated heterocycles. The highest BCUT2D eigenvalue weighted by molar-refractivity contribution is 5.76. The lowest BCUT2D eigenvalue weighted by atomic mass is 10.1. The number of hydrogen-bond donors (Lipinski definition) is 0. The number of hydrogen-bond acceptors (Lipinski definition) is 5. The highest BCUT2D eigenvalue weighted by atomic mass is 16.2. The molecule has 2 aliphatic rings. The van der Waals surface area contributed by atoms with Gasteiger partial charge in [-0.3, -0.25) is 14.6 Å². The smallest absolute Gasteiger partial charge is 0.223 e. The summed E-state index contributed by atoms with van der Waals surface area (Å²) in [4.78, 5) is 26.7. The first-order valence-corrected chi connectivity index (χ1v) is 12.1. The predicted molar refractivity (Wildman–Crippen MR) is 130 cm³/mol. The van der Waals surface area contributed by atoms with Crippen molar-refractivity contribution in [2.75, 3.05) is 57.3 Å². The van der Waals surface area contributed by atoms with Gasteiger partial charge >= 0.3 is 0 Å². The van der Waals surface area contributed by atoms with Gasteiger partial charge in [-0.15, -0.1) is 0 Å². The maximum Gasteiger partial charge on any atom is 0.223 e. The molecule has 0 aliphatic carbocycles. The first-order valence-electron chi connectivity index (χ1n) is 12.1. The second-order valence-electron chi connectivity index (χ2n) is 8.96. The third-order valence-electron chi connectivity index (χ3n) is 7.17. The van der Waals surface area contributed by atoms with Crippen LogP contribution in [0.2, 0.25) is 0 Å². The molecule has 2 fully saturated rings. The molecule has 2 aliphatic heterocycles. The minimum absolute atomic E-state index is 0.289. The van der Waals surface area contributed by atoms with Crippen LogP contribution in [0.25, 0.3) is 0 Å². The van der Waals surface area contributed by atoms with Crippen molar-refractivity contribution in [1.29, 1.82) is 0 Å². The van der Waals surface area contributed by atoms with E-state index in [2.05, 4.69) is 63.9 Å². The highest BCUT2D eigenvalue weighted by Crippen LogP contribution is 2.26. The zero-order valence-electron chi connectivity index (χ0n) is 19.6. The van der Waals surface area contributed by atoms with E-state index in [0.717, 1.165) is 58.2 Å². The van der Waals surface area contributed by atoms with Gasteiger partial charge in [0.05, 0.1) is 0 Å². The minimum Gasteiger partial charge on any atom is -0.353 e. The van der Waals surface area contributed by atoms with Crippen LogP contribution in [0.4, 0.5) is 5.82 Å². The van der Waals surface area contributed by atoms with Crippen molar-refractivity contribution in [1.82, 2.24) is 19.7 Å². The van der Waals surface area contributed by atoms with Gasteiger partial charge in [0.2, 0.25) is 5.91 Å². The van der Waals surface area contributed by atoms with Crippen LogP contribution >= 0.6 is 0 Å². The molecule has 1 aromatic heterocycles. The number of aromatic nitrogens is 1. The van der Waals surface area contributed by atoms with Crippen molar-refractivity contribution in [3.05, 3.63) is 60.3 Å². The number of benzene rings is 1. The predicted octanol–water partition coefficient (Wildman–Crippen LogP) is 3.28. The zero-order chi connectivity index (χ0) is 22.3. The van der Waals surface area contributed by atoms with Crippen molar-refractivity contribution in [2.24, 2.45) is 0 Å². The number of carbonyl (C=O) groups excluding carboxylic acids is 1. The van der Waals surface area contributed by atoms with E-state index in [1.54, 1.807) is 0 Å². The fourth-order valence-corrected chi connectivity index (χ4v) is 5.08. The lowest BCUT2D eigenvalue weighted by Crippen LogP contribution is -2.49. The third-order valence-corrected chi connectivity index (χ3v) is 7.17. The number of anilines is 1. The van der Waals surface area contributed by atoms with Crippen LogP contribution in [0.1, 0.15) is 38.3 Å². The van der Waals surface area contributed by atoms with E-state index in [1.165, 1.54) is 12.0 Å². The largest absolute Gasteiger partial charge is 0.353 e. The van der Waals surface area contributed by atoms with Crippen molar-refractivity contribution in [3.63, 3.8) is 0 Å². The summed E-state index contributed by atoms with van der Waals surface area (Å²) >= 11 is 0. The summed E-state index contributed by atoms with van der Waals surface area (Å²) in [5.74, 6) is 1.30. The van der Waals surface area contributed by atoms with Gasteiger partial charge in [0, 0.05) is 70.5 Å². The Balaban J connectivity index is 1.23.